The minimum atomic E-state index is 0.277. The van der Waals surface area contributed by atoms with Gasteiger partial charge in [-0.3, -0.25) is 0 Å². The van der Waals surface area contributed by atoms with Crippen molar-refractivity contribution in [1.29, 1.82) is 0 Å². The van der Waals surface area contributed by atoms with E-state index in [2.05, 4.69) is 72.6 Å². The Kier molecular flexibility index (Phi) is 8.43. The summed E-state index contributed by atoms with van der Waals surface area (Å²) in [6, 6.07) is 20.9. The van der Waals surface area contributed by atoms with Crippen LogP contribution in [0, 0.1) is 0 Å². The highest BCUT2D eigenvalue weighted by Crippen LogP contribution is 2.10. The van der Waals surface area contributed by atoms with Gasteiger partial charge in [-0.15, -0.1) is 0 Å². The highest BCUT2D eigenvalue weighted by molar-refractivity contribution is 7.80. The number of hydrogen-bond donors (Lipinski definition) is 1. The maximum absolute atomic E-state index is 5.65. The molecule has 0 aliphatic rings. The van der Waals surface area contributed by atoms with Crippen molar-refractivity contribution in [3.8, 4) is 0 Å². The summed E-state index contributed by atoms with van der Waals surface area (Å²) in [5.74, 6) is 0. The zero-order valence-electron chi connectivity index (χ0n) is 15.2. The molecule has 4 heteroatoms. The molecule has 0 heterocycles. The molecule has 2 rings (SSSR count). The van der Waals surface area contributed by atoms with Gasteiger partial charge in [0, 0.05) is 26.2 Å². The van der Waals surface area contributed by atoms with Crippen LogP contribution in [0.3, 0.4) is 0 Å². The van der Waals surface area contributed by atoms with Crippen molar-refractivity contribution in [1.82, 2.24) is 10.2 Å². The maximum atomic E-state index is 5.65. The summed E-state index contributed by atoms with van der Waals surface area (Å²) in [6.07, 6.45) is 1.22. The van der Waals surface area contributed by atoms with Crippen molar-refractivity contribution in [3.05, 3.63) is 71.8 Å². The van der Waals surface area contributed by atoms with Crippen LogP contribution in [-0.2, 0) is 17.8 Å². The molecule has 0 bridgehead atoms. The van der Waals surface area contributed by atoms with E-state index in [1.54, 1.807) is 0 Å². The van der Waals surface area contributed by atoms with E-state index in [0.29, 0.717) is 0 Å². The molecule has 0 aromatic heterocycles. The number of nitrogens with one attached hydrogen (secondary N) is 1. The largest absolute Gasteiger partial charge is 0.379 e. The van der Waals surface area contributed by atoms with Crippen LogP contribution in [0.25, 0.3) is 0 Å². The van der Waals surface area contributed by atoms with E-state index in [1.165, 1.54) is 11.1 Å². The van der Waals surface area contributed by atoms with Crippen LogP contribution in [0.2, 0.25) is 0 Å². The first-order valence-corrected chi connectivity index (χ1v) is 9.28. The van der Waals surface area contributed by atoms with Crippen LogP contribution >= 0.6 is 12.2 Å². The van der Waals surface area contributed by atoms with Crippen LogP contribution in [0.1, 0.15) is 31.4 Å². The molecule has 25 heavy (non-hydrogen) atoms. The Morgan fingerprint density at radius 1 is 0.960 bits per heavy atom. The number of hydrogen-bond acceptors (Lipinski definition) is 2. The molecule has 134 valence electrons. The van der Waals surface area contributed by atoms with Crippen molar-refractivity contribution < 1.29 is 4.74 Å². The van der Waals surface area contributed by atoms with Gasteiger partial charge in [-0.2, -0.15) is 0 Å². The molecule has 0 atom stereocenters. The predicted octanol–water partition coefficient (Wildman–Crippen LogP) is 4.38. The van der Waals surface area contributed by atoms with Crippen molar-refractivity contribution in [2.24, 2.45) is 0 Å². The Morgan fingerprint density at radius 2 is 1.48 bits per heavy atom. The van der Waals surface area contributed by atoms with Crippen LogP contribution in [0.15, 0.2) is 60.7 Å². The van der Waals surface area contributed by atoms with Crippen molar-refractivity contribution >= 4 is 17.3 Å². The quantitative estimate of drug-likeness (QED) is 0.532. The monoisotopic (exact) mass is 356 g/mol. The average Bonchev–Trinajstić information content (AvgIpc) is 2.62. The summed E-state index contributed by atoms with van der Waals surface area (Å²) >= 11 is 5.65. The number of thiocarbonyl (C=S) groups is 1. The third-order valence-corrected chi connectivity index (χ3v) is 4.17. The SMILES string of the molecule is CC(C)OCCCNC(=S)N(Cc1ccccc1)Cc1ccccc1. The molecule has 0 aliphatic heterocycles. The third kappa shape index (κ3) is 7.67. The van der Waals surface area contributed by atoms with Gasteiger partial charge >= 0.3 is 0 Å². The van der Waals surface area contributed by atoms with E-state index in [4.69, 9.17) is 17.0 Å². The van der Waals surface area contributed by atoms with E-state index in [0.717, 1.165) is 37.8 Å². The zero-order valence-corrected chi connectivity index (χ0v) is 16.0. The molecule has 3 nitrogen and oxygen atoms in total. The minimum Gasteiger partial charge on any atom is -0.379 e. The fraction of sp³-hybridized carbons (Fsp3) is 0.381. The second kappa shape index (κ2) is 10.9. The first kappa shape index (κ1) is 19.4. The lowest BCUT2D eigenvalue weighted by molar-refractivity contribution is 0.0776. The fourth-order valence-corrected chi connectivity index (χ4v) is 2.74. The number of rotatable bonds is 9. The lowest BCUT2D eigenvalue weighted by Crippen LogP contribution is -2.39. The Labute approximate surface area is 157 Å². The van der Waals surface area contributed by atoms with Crippen LogP contribution in [0.5, 0.6) is 0 Å². The smallest absolute Gasteiger partial charge is 0.169 e. The summed E-state index contributed by atoms with van der Waals surface area (Å²) in [5, 5.41) is 4.16. The highest BCUT2D eigenvalue weighted by atomic mass is 32.1. The fourth-order valence-electron chi connectivity index (χ4n) is 2.51. The molecule has 1 N–H and O–H groups in total. The lowest BCUT2D eigenvalue weighted by Gasteiger charge is -2.26. The zero-order chi connectivity index (χ0) is 17.9. The van der Waals surface area contributed by atoms with Gasteiger partial charge in [-0.25, -0.2) is 0 Å². The van der Waals surface area contributed by atoms with Crippen molar-refractivity contribution in [2.75, 3.05) is 13.2 Å². The van der Waals surface area contributed by atoms with Crippen LogP contribution in [0.4, 0.5) is 0 Å². The molecule has 2 aromatic carbocycles. The van der Waals surface area contributed by atoms with Gasteiger partial charge < -0.3 is 15.0 Å². The van der Waals surface area contributed by atoms with E-state index in [1.807, 2.05) is 12.1 Å². The van der Waals surface area contributed by atoms with Gasteiger partial charge in [0.15, 0.2) is 5.11 Å². The third-order valence-electron chi connectivity index (χ3n) is 3.77. The minimum absolute atomic E-state index is 0.277. The molecule has 0 fully saturated rings. The summed E-state index contributed by atoms with van der Waals surface area (Å²) < 4.78 is 5.58. The van der Waals surface area contributed by atoms with Gasteiger partial charge in [0.2, 0.25) is 0 Å². The van der Waals surface area contributed by atoms with Gasteiger partial charge in [0.05, 0.1) is 6.10 Å². The maximum Gasteiger partial charge on any atom is 0.169 e. The van der Waals surface area contributed by atoms with E-state index >= 15 is 0 Å². The molecule has 0 radical (unpaired) electrons. The first-order chi connectivity index (χ1) is 12.1. The van der Waals surface area contributed by atoms with Gasteiger partial charge in [-0.05, 0) is 43.6 Å². The Hall–Kier alpha value is -1.91. The van der Waals surface area contributed by atoms with Crippen LogP contribution < -0.4 is 5.32 Å². The summed E-state index contributed by atoms with van der Waals surface area (Å²) in [6.45, 7) is 7.28. The molecule has 0 saturated heterocycles. The van der Waals surface area contributed by atoms with E-state index in [-0.39, 0.29) is 6.10 Å². The molecule has 0 amide bonds. The Balaban J connectivity index is 1.92. The molecular weight excluding hydrogens is 328 g/mol. The predicted molar refractivity (Wildman–Crippen MR) is 108 cm³/mol. The van der Waals surface area contributed by atoms with E-state index in [9.17, 15) is 0 Å². The molecule has 2 aromatic rings. The summed E-state index contributed by atoms with van der Waals surface area (Å²) in [5.41, 5.74) is 2.51. The van der Waals surface area contributed by atoms with Gasteiger partial charge in [0.1, 0.15) is 0 Å². The normalized spacial score (nSPS) is 10.7. The topological polar surface area (TPSA) is 24.5 Å². The highest BCUT2D eigenvalue weighted by Gasteiger charge is 2.11. The standard InChI is InChI=1S/C21H28N2OS/c1-18(2)24-15-9-14-22-21(25)23(16-19-10-5-3-6-11-19)17-20-12-7-4-8-13-20/h3-8,10-13,18H,9,14-17H2,1-2H3,(H,22,25). The number of ether oxygens (including phenoxy) is 1. The van der Waals surface area contributed by atoms with Gasteiger partial charge in [-0.1, -0.05) is 60.7 Å². The number of benzene rings is 2. The molecular formula is C21H28N2OS. The summed E-state index contributed by atoms with van der Waals surface area (Å²) in [4.78, 5) is 2.21. The van der Waals surface area contributed by atoms with Crippen LogP contribution in [-0.4, -0.2) is 29.3 Å². The van der Waals surface area contributed by atoms with Crippen molar-refractivity contribution in [2.45, 2.75) is 39.5 Å². The Morgan fingerprint density at radius 3 is 1.96 bits per heavy atom. The number of nitrogens with zero attached hydrogens (tertiary/aromatic N) is 1. The average molecular weight is 357 g/mol. The second-order valence-corrected chi connectivity index (χ2v) is 6.72. The molecule has 0 aliphatic carbocycles. The van der Waals surface area contributed by atoms with Gasteiger partial charge in [0.25, 0.3) is 0 Å². The molecule has 0 unspecified atom stereocenters. The Bertz CT molecular complexity index is 575. The lowest BCUT2D eigenvalue weighted by atomic mass is 10.2. The molecule has 0 saturated carbocycles. The second-order valence-electron chi connectivity index (χ2n) is 6.33. The first-order valence-electron chi connectivity index (χ1n) is 8.87. The summed E-state index contributed by atoms with van der Waals surface area (Å²) in [7, 11) is 0. The van der Waals surface area contributed by atoms with Crippen molar-refractivity contribution in [3.63, 3.8) is 0 Å². The molecule has 0 spiro atoms. The van der Waals surface area contributed by atoms with E-state index < -0.39 is 0 Å².